The van der Waals surface area contributed by atoms with E-state index in [1.165, 1.54) is 0 Å². The third-order valence-electron chi connectivity index (χ3n) is 1.35. The maximum Gasteiger partial charge on any atom is 0.132 e. The van der Waals surface area contributed by atoms with Gasteiger partial charge in [0.1, 0.15) is 13.6 Å². The number of hydrogen-bond acceptors (Lipinski definition) is 1. The highest BCUT2D eigenvalue weighted by atomic mass is 79.9. The molecule has 0 aromatic heterocycles. The maximum atomic E-state index is 5.67. The van der Waals surface area contributed by atoms with Crippen LogP contribution in [-0.4, -0.2) is 14.5 Å². The molecule has 0 saturated heterocycles. The first-order valence-corrected chi connectivity index (χ1v) is 5.11. The van der Waals surface area contributed by atoms with Gasteiger partial charge in [-0.2, -0.15) is 0 Å². The van der Waals surface area contributed by atoms with Gasteiger partial charge in [0.15, 0.2) is 0 Å². The Balaban J connectivity index is 3.05. The lowest BCUT2D eigenvalue weighted by Gasteiger charge is -2.07. The molecule has 1 aromatic carbocycles. The molecule has 2 radical (unpaired) electrons. The van der Waals surface area contributed by atoms with E-state index in [0.29, 0.717) is 12.1 Å². The zero-order valence-corrected chi connectivity index (χ0v) is 9.78. The molecule has 62 valence electrons. The molecular formula is C8H7BBr2O. The molecule has 1 nitrogen and oxygen atoms in total. The molecule has 12 heavy (non-hydrogen) atoms. The minimum absolute atomic E-state index is 0.639. The van der Waals surface area contributed by atoms with E-state index in [4.69, 9.17) is 12.6 Å². The van der Waals surface area contributed by atoms with Gasteiger partial charge in [0, 0.05) is 4.47 Å². The predicted octanol–water partition coefficient (Wildman–Crippen LogP) is 2.40. The summed E-state index contributed by atoms with van der Waals surface area (Å²) in [4.78, 5) is 0. The second-order valence-corrected chi connectivity index (χ2v) is 3.95. The molecule has 0 spiro atoms. The Morgan fingerprint density at radius 2 is 2.00 bits per heavy atom. The fourth-order valence-corrected chi connectivity index (χ4v) is 1.92. The van der Waals surface area contributed by atoms with E-state index in [1.54, 1.807) is 6.07 Å². The molecular weight excluding hydrogens is 283 g/mol. The van der Waals surface area contributed by atoms with Crippen molar-refractivity contribution >= 4 is 45.2 Å². The van der Waals surface area contributed by atoms with Crippen molar-refractivity contribution in [3.05, 3.63) is 21.1 Å². The topological polar surface area (TPSA) is 9.23 Å². The molecule has 0 aliphatic heterocycles. The fraction of sp³-hybridized carbons (Fsp3) is 0.250. The summed E-state index contributed by atoms with van der Waals surface area (Å²) in [5.41, 5.74) is 0.682. The van der Waals surface area contributed by atoms with Crippen LogP contribution in [0.15, 0.2) is 21.1 Å². The van der Waals surface area contributed by atoms with Crippen LogP contribution in [-0.2, 0) is 0 Å². The Morgan fingerprint density at radius 3 is 2.58 bits per heavy atom. The Labute approximate surface area is 90.2 Å². The van der Waals surface area contributed by atoms with Crippen LogP contribution in [0.25, 0.3) is 0 Å². The first kappa shape index (κ1) is 10.1. The van der Waals surface area contributed by atoms with Gasteiger partial charge in [-0.15, -0.1) is 0 Å². The molecule has 0 fully saturated rings. The third-order valence-corrected chi connectivity index (χ3v) is 2.66. The van der Waals surface area contributed by atoms with Crippen LogP contribution in [0, 0.1) is 0 Å². The Morgan fingerprint density at radius 1 is 1.33 bits per heavy atom. The molecule has 0 N–H and O–H groups in total. The molecule has 4 heteroatoms. The molecule has 0 atom stereocenters. The minimum atomic E-state index is 0.639. The van der Waals surface area contributed by atoms with Crippen LogP contribution in [0.3, 0.4) is 0 Å². The van der Waals surface area contributed by atoms with Crippen molar-refractivity contribution in [2.75, 3.05) is 6.61 Å². The summed E-state index contributed by atoms with van der Waals surface area (Å²) in [6.07, 6.45) is 0. The number of rotatable bonds is 2. The summed E-state index contributed by atoms with van der Waals surface area (Å²) < 4.78 is 7.11. The van der Waals surface area contributed by atoms with Gasteiger partial charge in [-0.25, -0.2) is 0 Å². The highest BCUT2D eigenvalue weighted by Crippen LogP contribution is 2.26. The summed E-state index contributed by atoms with van der Waals surface area (Å²) >= 11 is 6.69. The SMILES string of the molecule is [B]c1cc(OCC)c(Br)cc1Br. The first-order chi connectivity index (χ1) is 5.65. The highest BCUT2D eigenvalue weighted by Gasteiger charge is 2.03. The van der Waals surface area contributed by atoms with E-state index in [0.717, 1.165) is 14.7 Å². The van der Waals surface area contributed by atoms with Crippen LogP contribution >= 0.6 is 31.9 Å². The number of benzene rings is 1. The largest absolute Gasteiger partial charge is 0.493 e. The van der Waals surface area contributed by atoms with E-state index in [1.807, 2.05) is 13.0 Å². The van der Waals surface area contributed by atoms with Crippen LogP contribution in [0.4, 0.5) is 0 Å². The van der Waals surface area contributed by atoms with Gasteiger partial charge in [-0.3, -0.25) is 0 Å². The molecule has 0 saturated carbocycles. The van der Waals surface area contributed by atoms with Crippen molar-refractivity contribution in [1.82, 2.24) is 0 Å². The lowest BCUT2D eigenvalue weighted by molar-refractivity contribution is 0.338. The van der Waals surface area contributed by atoms with Crippen molar-refractivity contribution in [3.63, 3.8) is 0 Å². The lowest BCUT2D eigenvalue weighted by atomic mass is 9.96. The zero-order valence-electron chi connectivity index (χ0n) is 6.60. The molecule has 0 bridgehead atoms. The molecule has 0 aliphatic carbocycles. The van der Waals surface area contributed by atoms with Crippen LogP contribution in [0.2, 0.25) is 0 Å². The van der Waals surface area contributed by atoms with Gasteiger partial charge in [-0.1, -0.05) is 21.4 Å². The van der Waals surface area contributed by atoms with Crippen molar-refractivity contribution in [2.45, 2.75) is 6.92 Å². The summed E-state index contributed by atoms with van der Waals surface area (Å²) in [6.45, 7) is 2.57. The average Bonchev–Trinajstić information content (AvgIpc) is 2.01. The first-order valence-electron chi connectivity index (χ1n) is 3.52. The second kappa shape index (κ2) is 4.33. The van der Waals surface area contributed by atoms with Crippen LogP contribution in [0.5, 0.6) is 5.75 Å². The number of halogens is 2. The molecule has 1 rings (SSSR count). The summed E-state index contributed by atoms with van der Waals surface area (Å²) in [5, 5.41) is 0. The molecule has 0 unspecified atom stereocenters. The van der Waals surface area contributed by atoms with Crippen molar-refractivity contribution in [1.29, 1.82) is 0 Å². The summed E-state index contributed by atoms with van der Waals surface area (Å²) in [6, 6.07) is 3.66. The van der Waals surface area contributed by atoms with E-state index in [2.05, 4.69) is 31.9 Å². The maximum absolute atomic E-state index is 5.67. The minimum Gasteiger partial charge on any atom is -0.493 e. The number of hydrogen-bond donors (Lipinski definition) is 0. The highest BCUT2D eigenvalue weighted by molar-refractivity contribution is 9.11. The quantitative estimate of drug-likeness (QED) is 0.760. The van der Waals surface area contributed by atoms with Gasteiger partial charge in [0.2, 0.25) is 0 Å². The zero-order chi connectivity index (χ0) is 9.14. The van der Waals surface area contributed by atoms with E-state index >= 15 is 0 Å². The van der Waals surface area contributed by atoms with E-state index in [-0.39, 0.29) is 0 Å². The predicted molar refractivity (Wildman–Crippen MR) is 58.4 cm³/mol. The van der Waals surface area contributed by atoms with Crippen LogP contribution in [0.1, 0.15) is 6.92 Å². The molecule has 0 aliphatic rings. The van der Waals surface area contributed by atoms with Gasteiger partial charge in [0.05, 0.1) is 11.1 Å². The van der Waals surface area contributed by atoms with E-state index in [9.17, 15) is 0 Å². The summed E-state index contributed by atoms with van der Waals surface area (Å²) in [7, 11) is 5.67. The van der Waals surface area contributed by atoms with E-state index < -0.39 is 0 Å². The molecule has 0 amide bonds. The second-order valence-electron chi connectivity index (χ2n) is 2.24. The van der Waals surface area contributed by atoms with Crippen LogP contribution < -0.4 is 10.2 Å². The lowest BCUT2D eigenvalue weighted by Crippen LogP contribution is -2.06. The van der Waals surface area contributed by atoms with Crippen molar-refractivity contribution in [2.24, 2.45) is 0 Å². The van der Waals surface area contributed by atoms with Crippen molar-refractivity contribution in [3.8, 4) is 5.75 Å². The standard InChI is InChI=1S/C8H7BBr2O/c1-2-12-8-3-5(9)6(10)4-7(8)11/h3-4H,2H2,1H3. The Hall–Kier alpha value is 0.0449. The molecule has 1 aromatic rings. The van der Waals surface area contributed by atoms with Crippen molar-refractivity contribution < 1.29 is 4.74 Å². The summed E-state index contributed by atoms with van der Waals surface area (Å²) in [5.74, 6) is 0.776. The monoisotopic (exact) mass is 288 g/mol. The van der Waals surface area contributed by atoms with Gasteiger partial charge < -0.3 is 4.74 Å². The molecule has 0 heterocycles. The fourth-order valence-electron chi connectivity index (χ4n) is 0.811. The van der Waals surface area contributed by atoms with Gasteiger partial charge >= 0.3 is 0 Å². The smallest absolute Gasteiger partial charge is 0.132 e. The average molecular weight is 290 g/mol. The Bertz CT molecular complexity index is 289. The number of ether oxygens (including phenoxy) is 1. The van der Waals surface area contributed by atoms with Gasteiger partial charge in [0.25, 0.3) is 0 Å². The van der Waals surface area contributed by atoms with Gasteiger partial charge in [-0.05, 0) is 35.0 Å². The Kier molecular flexibility index (Phi) is 3.65. The third kappa shape index (κ3) is 2.27. The normalized spacial score (nSPS) is 9.92.